The summed E-state index contributed by atoms with van der Waals surface area (Å²) in [6.07, 6.45) is 1.95. The number of fused-ring (bicyclic) bond motifs is 1. The topological polar surface area (TPSA) is 83.7 Å². The summed E-state index contributed by atoms with van der Waals surface area (Å²) in [5.41, 5.74) is 3.97. The fourth-order valence-corrected chi connectivity index (χ4v) is 4.05. The number of hydrogen-bond donors (Lipinski definition) is 1. The zero-order valence-electron chi connectivity index (χ0n) is 16.4. The lowest BCUT2D eigenvalue weighted by molar-refractivity contribution is 0.0812. The zero-order chi connectivity index (χ0) is 20.2. The van der Waals surface area contributed by atoms with Gasteiger partial charge in [-0.25, -0.2) is 4.79 Å². The lowest BCUT2D eigenvalue weighted by Gasteiger charge is -2.31. The second-order valence-corrected chi connectivity index (χ2v) is 7.71. The van der Waals surface area contributed by atoms with Crippen LogP contribution in [0.3, 0.4) is 0 Å². The highest BCUT2D eigenvalue weighted by molar-refractivity contribution is 5.76. The van der Waals surface area contributed by atoms with Crippen LogP contribution in [-0.2, 0) is 19.5 Å². The molecule has 3 heterocycles. The van der Waals surface area contributed by atoms with Gasteiger partial charge in [0.25, 0.3) is 0 Å². The van der Waals surface area contributed by atoms with Crippen molar-refractivity contribution >= 4 is 6.03 Å². The van der Waals surface area contributed by atoms with Crippen LogP contribution in [0.4, 0.5) is 4.79 Å². The molecule has 2 aliphatic heterocycles. The summed E-state index contributed by atoms with van der Waals surface area (Å²) in [6.45, 7) is 4.32. The number of carbonyl (C=O) groups is 1. The summed E-state index contributed by atoms with van der Waals surface area (Å²) in [4.78, 5) is 22.6. The first-order valence-electron chi connectivity index (χ1n) is 9.98. The number of aromatic nitrogens is 1. The average Bonchev–Trinajstić information content (AvgIpc) is 3.07. The fourth-order valence-electron chi connectivity index (χ4n) is 4.05. The number of hydrogen-bond acceptors (Lipinski definition) is 5. The van der Waals surface area contributed by atoms with Crippen LogP contribution in [0.5, 0.6) is 0 Å². The smallest absolute Gasteiger partial charge is 0.320 e. The highest BCUT2D eigenvalue weighted by Gasteiger charge is 2.30. The third-order valence-corrected chi connectivity index (χ3v) is 5.60. The van der Waals surface area contributed by atoms with Gasteiger partial charge in [-0.3, -0.25) is 9.88 Å². The third-order valence-electron chi connectivity index (χ3n) is 5.60. The monoisotopic (exact) mass is 391 g/mol. The highest BCUT2D eigenvalue weighted by Crippen LogP contribution is 2.19. The summed E-state index contributed by atoms with van der Waals surface area (Å²) in [7, 11) is 0. The largest absolute Gasteiger partial charge is 0.390 e. The molecule has 29 heavy (non-hydrogen) atoms. The molecule has 7 heteroatoms. The molecular weight excluding hydrogens is 366 g/mol. The average molecular weight is 391 g/mol. The Bertz CT molecular complexity index is 908. The number of aliphatic hydroxyl groups is 1. The molecule has 150 valence electrons. The minimum Gasteiger partial charge on any atom is -0.390 e. The summed E-state index contributed by atoms with van der Waals surface area (Å²) in [5.74, 6) is 0. The Hall–Kier alpha value is -2.95. The van der Waals surface area contributed by atoms with E-state index >= 15 is 0 Å². The van der Waals surface area contributed by atoms with Crippen LogP contribution in [0.1, 0.15) is 22.4 Å². The van der Waals surface area contributed by atoms with Crippen molar-refractivity contribution in [3.05, 3.63) is 65.0 Å². The number of pyridine rings is 1. The number of nitriles is 1. The highest BCUT2D eigenvalue weighted by atomic mass is 16.3. The van der Waals surface area contributed by atoms with E-state index in [0.29, 0.717) is 38.3 Å². The molecule has 0 radical (unpaired) electrons. The van der Waals surface area contributed by atoms with Gasteiger partial charge in [-0.1, -0.05) is 24.3 Å². The maximum absolute atomic E-state index is 12.7. The lowest BCUT2D eigenvalue weighted by atomic mass is 10.00. The molecule has 1 fully saturated rings. The van der Waals surface area contributed by atoms with Gasteiger partial charge < -0.3 is 14.9 Å². The lowest BCUT2D eigenvalue weighted by Crippen LogP contribution is -2.43. The van der Waals surface area contributed by atoms with Gasteiger partial charge in [0.2, 0.25) is 0 Å². The van der Waals surface area contributed by atoms with Crippen molar-refractivity contribution in [3.63, 3.8) is 0 Å². The van der Waals surface area contributed by atoms with Gasteiger partial charge in [0.05, 0.1) is 23.9 Å². The van der Waals surface area contributed by atoms with Crippen molar-refractivity contribution < 1.29 is 9.90 Å². The number of nitrogens with zero attached hydrogens (tertiary/aromatic N) is 5. The molecule has 1 aromatic carbocycles. The number of aliphatic hydroxyl groups excluding tert-OH is 1. The first-order chi connectivity index (χ1) is 14.1. The molecule has 4 rings (SSSR count). The summed E-state index contributed by atoms with van der Waals surface area (Å²) in [5, 5.41) is 19.4. The van der Waals surface area contributed by atoms with E-state index in [-0.39, 0.29) is 6.03 Å². The number of β-amino-alcohol motifs (C(OH)–C–C–N with tert-alkyl or cyclic N) is 1. The molecule has 1 N–H and O–H groups in total. The number of urea groups is 1. The van der Waals surface area contributed by atoms with E-state index in [0.717, 1.165) is 25.2 Å². The minimum absolute atomic E-state index is 0.0702. The molecule has 0 unspecified atom stereocenters. The van der Waals surface area contributed by atoms with Gasteiger partial charge in [-0.2, -0.15) is 5.26 Å². The van der Waals surface area contributed by atoms with Crippen molar-refractivity contribution in [2.75, 3.05) is 32.7 Å². The molecule has 7 nitrogen and oxygen atoms in total. The minimum atomic E-state index is -0.572. The third kappa shape index (κ3) is 4.56. The van der Waals surface area contributed by atoms with Gasteiger partial charge in [0.15, 0.2) is 0 Å². The normalized spacial score (nSPS) is 17.9. The Labute approximate surface area is 170 Å². The molecule has 2 aromatic rings. The summed E-state index contributed by atoms with van der Waals surface area (Å²) < 4.78 is 0. The van der Waals surface area contributed by atoms with E-state index in [2.05, 4.69) is 34.1 Å². The van der Waals surface area contributed by atoms with Crippen LogP contribution in [0, 0.1) is 11.3 Å². The Morgan fingerprint density at radius 1 is 1.07 bits per heavy atom. The van der Waals surface area contributed by atoms with Gasteiger partial charge in [0.1, 0.15) is 6.07 Å². The summed E-state index contributed by atoms with van der Waals surface area (Å²) in [6, 6.07) is 13.9. The Morgan fingerprint density at radius 3 is 2.62 bits per heavy atom. The van der Waals surface area contributed by atoms with Gasteiger partial charge in [-0.05, 0) is 29.7 Å². The predicted molar refractivity (Wildman–Crippen MR) is 108 cm³/mol. The van der Waals surface area contributed by atoms with E-state index in [4.69, 9.17) is 5.26 Å². The second-order valence-electron chi connectivity index (χ2n) is 7.71. The van der Waals surface area contributed by atoms with Gasteiger partial charge in [-0.15, -0.1) is 0 Å². The maximum atomic E-state index is 12.7. The molecule has 1 atom stereocenters. The van der Waals surface area contributed by atoms with E-state index in [1.807, 2.05) is 6.07 Å². The Kier molecular flexibility index (Phi) is 5.74. The zero-order valence-corrected chi connectivity index (χ0v) is 16.4. The Morgan fingerprint density at radius 2 is 1.86 bits per heavy atom. The molecule has 1 aromatic heterocycles. The van der Waals surface area contributed by atoms with Crippen LogP contribution >= 0.6 is 0 Å². The van der Waals surface area contributed by atoms with E-state index < -0.39 is 6.10 Å². The van der Waals surface area contributed by atoms with Crippen molar-refractivity contribution in [3.8, 4) is 6.07 Å². The molecule has 0 bridgehead atoms. The Balaban J connectivity index is 1.27. The van der Waals surface area contributed by atoms with Crippen molar-refractivity contribution in [2.24, 2.45) is 0 Å². The molecule has 2 amide bonds. The van der Waals surface area contributed by atoms with Crippen LogP contribution in [0.2, 0.25) is 0 Å². The number of rotatable bonds is 6. The maximum Gasteiger partial charge on any atom is 0.320 e. The number of amides is 2. The van der Waals surface area contributed by atoms with E-state index in [1.165, 1.54) is 17.3 Å². The van der Waals surface area contributed by atoms with Crippen LogP contribution in [0.15, 0.2) is 42.6 Å². The van der Waals surface area contributed by atoms with E-state index in [1.54, 1.807) is 21.9 Å². The predicted octanol–water partition coefficient (Wildman–Crippen LogP) is 1.61. The fraction of sp³-hybridized carbons (Fsp3) is 0.409. The van der Waals surface area contributed by atoms with Crippen LogP contribution in [-0.4, -0.2) is 69.6 Å². The number of benzene rings is 1. The SMILES string of the molecule is N#Cc1ccc(CN2CCN(C[C@@H](O)CN3CCc4ccccc4C3)C2=O)nc1. The van der Waals surface area contributed by atoms with Gasteiger partial charge >= 0.3 is 6.03 Å². The van der Waals surface area contributed by atoms with Crippen molar-refractivity contribution in [2.45, 2.75) is 25.6 Å². The van der Waals surface area contributed by atoms with Crippen LogP contribution < -0.4 is 0 Å². The van der Waals surface area contributed by atoms with Crippen molar-refractivity contribution in [1.82, 2.24) is 19.7 Å². The van der Waals surface area contributed by atoms with Crippen molar-refractivity contribution in [1.29, 1.82) is 5.26 Å². The molecule has 0 aliphatic carbocycles. The quantitative estimate of drug-likeness (QED) is 0.809. The molecule has 0 spiro atoms. The molecular formula is C22H25N5O2. The molecule has 0 saturated carbocycles. The number of carbonyl (C=O) groups excluding carboxylic acids is 1. The van der Waals surface area contributed by atoms with Crippen LogP contribution in [0.25, 0.3) is 0 Å². The molecule has 1 saturated heterocycles. The first-order valence-corrected chi connectivity index (χ1v) is 9.98. The standard InChI is InChI=1S/C22H25N5O2/c23-11-17-5-6-20(24-12-17)14-26-9-10-27(22(26)29)16-21(28)15-25-8-7-18-3-1-2-4-19(18)13-25/h1-6,12,21,28H,7-10,13-16H2/t21-/m0/s1. The first kappa shape index (κ1) is 19.4. The summed E-state index contributed by atoms with van der Waals surface area (Å²) >= 11 is 0. The second kappa shape index (κ2) is 8.60. The molecule has 2 aliphatic rings. The van der Waals surface area contributed by atoms with Gasteiger partial charge in [0, 0.05) is 45.5 Å². The van der Waals surface area contributed by atoms with E-state index in [9.17, 15) is 9.90 Å².